The highest BCUT2D eigenvalue weighted by Gasteiger charge is 2.55. The van der Waals surface area contributed by atoms with Crippen molar-refractivity contribution >= 4 is 5.69 Å². The summed E-state index contributed by atoms with van der Waals surface area (Å²) in [5, 5.41) is 20.6. The van der Waals surface area contributed by atoms with Gasteiger partial charge in [0.05, 0.1) is 19.9 Å². The lowest BCUT2D eigenvalue weighted by Gasteiger charge is -2.51. The molecule has 0 radical (unpaired) electrons. The molecule has 1 aliphatic carbocycles. The lowest BCUT2D eigenvalue weighted by molar-refractivity contribution is -0.0618. The molecule has 1 saturated carbocycles. The van der Waals surface area contributed by atoms with Crippen LogP contribution in [0.5, 0.6) is 5.88 Å². The maximum absolute atomic E-state index is 11.5. The lowest BCUT2D eigenvalue weighted by atomic mass is 9.68. The quantitative estimate of drug-likeness (QED) is 0.658. The van der Waals surface area contributed by atoms with E-state index >= 15 is 0 Å². The Morgan fingerprint density at radius 1 is 1.18 bits per heavy atom. The number of benzene rings is 1. The molecule has 0 bridgehead atoms. The number of hydrogen-bond acceptors (Lipinski definition) is 9. The summed E-state index contributed by atoms with van der Waals surface area (Å²) in [7, 11) is 7.50. The van der Waals surface area contributed by atoms with Gasteiger partial charge >= 0.3 is 0 Å². The van der Waals surface area contributed by atoms with Crippen molar-refractivity contribution in [2.45, 2.75) is 43.1 Å². The molecular weight excluding hydrogens is 432 g/mol. The Labute approximate surface area is 201 Å². The molecule has 0 amide bonds. The molecule has 34 heavy (non-hydrogen) atoms. The van der Waals surface area contributed by atoms with Crippen LogP contribution < -0.4 is 9.64 Å². The van der Waals surface area contributed by atoms with Gasteiger partial charge in [-0.25, -0.2) is 4.98 Å². The van der Waals surface area contributed by atoms with Crippen molar-refractivity contribution in [2.24, 2.45) is 0 Å². The molecular formula is C25H34N6O3. The Balaban J connectivity index is 1.66. The van der Waals surface area contributed by atoms with Crippen LogP contribution in [0.25, 0.3) is 0 Å². The maximum Gasteiger partial charge on any atom is 0.241 e. The normalized spacial score (nSPS) is 27.3. The highest BCUT2D eigenvalue weighted by Crippen LogP contribution is 2.50. The largest absolute Gasteiger partial charge is 0.479 e. The predicted octanol–water partition coefficient (Wildman–Crippen LogP) is 2.17. The van der Waals surface area contributed by atoms with Crippen LogP contribution in [0.3, 0.4) is 0 Å². The Bertz CT molecular complexity index is 1020. The zero-order valence-corrected chi connectivity index (χ0v) is 20.4. The first-order chi connectivity index (χ1) is 16.4. The standard InChI is InChI=1S/C25H34N6O3/c1-29(2)25(19-8-6-5-7-9-19)12-10-24(11-13-25)18-30(23(32)31(24)14-15-33-3)20-17-27-21(16-26)28-22(20)34-4/h5-9,17,23,32H,10-15,18H2,1-4H3. The molecule has 1 aromatic heterocycles. The maximum atomic E-state index is 11.5. The molecule has 182 valence electrons. The minimum absolute atomic E-state index is 0.0385. The molecule has 1 spiro atoms. The van der Waals surface area contributed by atoms with E-state index in [2.05, 4.69) is 64.2 Å². The Kier molecular flexibility index (Phi) is 7.05. The first-order valence-electron chi connectivity index (χ1n) is 11.7. The van der Waals surface area contributed by atoms with Crippen molar-refractivity contribution in [3.63, 3.8) is 0 Å². The van der Waals surface area contributed by atoms with Gasteiger partial charge in [-0.1, -0.05) is 30.3 Å². The highest BCUT2D eigenvalue weighted by molar-refractivity contribution is 5.56. The number of aliphatic hydroxyl groups excluding tert-OH is 1. The van der Waals surface area contributed by atoms with Crippen LogP contribution in [0.1, 0.15) is 37.1 Å². The van der Waals surface area contributed by atoms with E-state index < -0.39 is 6.35 Å². The molecule has 4 rings (SSSR count). The van der Waals surface area contributed by atoms with Gasteiger partial charge in [0.1, 0.15) is 11.8 Å². The molecule has 1 atom stereocenters. The van der Waals surface area contributed by atoms with Crippen molar-refractivity contribution in [1.82, 2.24) is 19.8 Å². The summed E-state index contributed by atoms with van der Waals surface area (Å²) >= 11 is 0. The third-order valence-corrected chi connectivity index (χ3v) is 7.68. The molecule has 2 heterocycles. The first-order valence-corrected chi connectivity index (χ1v) is 11.7. The van der Waals surface area contributed by atoms with Crippen LogP contribution in [0.15, 0.2) is 36.5 Å². The summed E-state index contributed by atoms with van der Waals surface area (Å²) < 4.78 is 10.8. The summed E-state index contributed by atoms with van der Waals surface area (Å²) in [5.41, 5.74) is 1.63. The van der Waals surface area contributed by atoms with Gasteiger partial charge < -0.3 is 19.5 Å². The molecule has 2 aliphatic rings. The van der Waals surface area contributed by atoms with E-state index in [9.17, 15) is 10.4 Å². The summed E-state index contributed by atoms with van der Waals surface area (Å²) in [4.78, 5) is 14.7. The van der Waals surface area contributed by atoms with Crippen molar-refractivity contribution in [3.05, 3.63) is 47.9 Å². The van der Waals surface area contributed by atoms with Crippen LogP contribution in [0.4, 0.5) is 5.69 Å². The van der Waals surface area contributed by atoms with Crippen LogP contribution in [0.2, 0.25) is 0 Å². The SMILES string of the molecule is COCCN1C(O)N(c2cnc(C#N)nc2OC)CC12CCC(c1ccccc1)(N(C)C)CC2. The van der Waals surface area contributed by atoms with Gasteiger partial charge in [-0.3, -0.25) is 9.80 Å². The Morgan fingerprint density at radius 3 is 2.47 bits per heavy atom. The lowest BCUT2D eigenvalue weighted by Crippen LogP contribution is -2.56. The number of rotatable bonds is 7. The number of ether oxygens (including phenoxy) is 2. The van der Waals surface area contributed by atoms with E-state index in [1.807, 2.05) is 11.0 Å². The Morgan fingerprint density at radius 2 is 1.88 bits per heavy atom. The number of hydrogen-bond donors (Lipinski definition) is 1. The average Bonchev–Trinajstić information content (AvgIpc) is 3.13. The summed E-state index contributed by atoms with van der Waals surface area (Å²) in [6, 6.07) is 12.6. The van der Waals surface area contributed by atoms with Crippen molar-refractivity contribution in [3.8, 4) is 11.9 Å². The van der Waals surface area contributed by atoms with Gasteiger partial charge in [-0.2, -0.15) is 10.2 Å². The van der Waals surface area contributed by atoms with E-state index in [-0.39, 0.29) is 22.8 Å². The van der Waals surface area contributed by atoms with Crippen molar-refractivity contribution < 1.29 is 14.6 Å². The smallest absolute Gasteiger partial charge is 0.241 e. The molecule has 1 aliphatic heterocycles. The van der Waals surface area contributed by atoms with E-state index in [1.54, 1.807) is 13.3 Å². The van der Waals surface area contributed by atoms with Gasteiger partial charge in [0, 0.05) is 31.3 Å². The summed E-state index contributed by atoms with van der Waals surface area (Å²) in [6.07, 6.45) is 4.46. The fourth-order valence-corrected chi connectivity index (χ4v) is 5.73. The van der Waals surface area contributed by atoms with Crippen molar-refractivity contribution in [2.75, 3.05) is 52.9 Å². The second kappa shape index (κ2) is 9.84. The topological polar surface area (TPSA) is 98.0 Å². The molecule has 9 nitrogen and oxygen atoms in total. The second-order valence-corrected chi connectivity index (χ2v) is 9.38. The summed E-state index contributed by atoms with van der Waals surface area (Å²) in [6.45, 7) is 1.74. The number of aliphatic hydroxyl groups is 1. The second-order valence-electron chi connectivity index (χ2n) is 9.38. The molecule has 2 fully saturated rings. The van der Waals surface area contributed by atoms with Crippen LogP contribution >= 0.6 is 0 Å². The number of aromatic nitrogens is 2. The minimum atomic E-state index is -0.871. The number of nitriles is 1. The van der Waals surface area contributed by atoms with Crippen LogP contribution in [-0.4, -0.2) is 84.8 Å². The number of methoxy groups -OCH3 is 2. The summed E-state index contributed by atoms with van der Waals surface area (Å²) in [5.74, 6) is 0.327. The molecule has 1 N–H and O–H groups in total. The van der Waals surface area contributed by atoms with Crippen LogP contribution in [-0.2, 0) is 10.3 Å². The number of nitrogens with zero attached hydrogens (tertiary/aromatic N) is 6. The predicted molar refractivity (Wildman–Crippen MR) is 128 cm³/mol. The van der Waals surface area contributed by atoms with E-state index in [4.69, 9.17) is 9.47 Å². The fourth-order valence-electron chi connectivity index (χ4n) is 5.73. The first kappa shape index (κ1) is 24.4. The minimum Gasteiger partial charge on any atom is -0.479 e. The van der Waals surface area contributed by atoms with Gasteiger partial charge in [-0.05, 0) is 45.3 Å². The molecule has 1 saturated heterocycles. The Hall–Kier alpha value is -2.77. The molecule has 9 heteroatoms. The van der Waals surface area contributed by atoms with Gasteiger partial charge in [0.2, 0.25) is 11.7 Å². The van der Waals surface area contributed by atoms with E-state index in [0.717, 1.165) is 25.7 Å². The highest BCUT2D eigenvalue weighted by atomic mass is 16.5. The monoisotopic (exact) mass is 466 g/mol. The third-order valence-electron chi connectivity index (χ3n) is 7.68. The van der Waals surface area contributed by atoms with Crippen LogP contribution in [0, 0.1) is 11.3 Å². The number of anilines is 1. The van der Waals surface area contributed by atoms with Gasteiger partial charge in [0.25, 0.3) is 0 Å². The van der Waals surface area contributed by atoms with Gasteiger partial charge in [-0.15, -0.1) is 0 Å². The molecule has 1 unspecified atom stereocenters. The van der Waals surface area contributed by atoms with Crippen molar-refractivity contribution in [1.29, 1.82) is 5.26 Å². The van der Waals surface area contributed by atoms with Gasteiger partial charge in [0.15, 0.2) is 6.35 Å². The average molecular weight is 467 g/mol. The zero-order chi connectivity index (χ0) is 24.3. The third kappa shape index (κ3) is 4.12. The zero-order valence-electron chi connectivity index (χ0n) is 20.4. The molecule has 1 aromatic carbocycles. The molecule has 2 aromatic rings. The fraction of sp³-hybridized carbons (Fsp3) is 0.560. The van der Waals surface area contributed by atoms with E-state index in [1.165, 1.54) is 12.7 Å². The van der Waals surface area contributed by atoms with E-state index in [0.29, 0.717) is 25.4 Å².